The molecule has 16 rings (SSSR count). The second kappa shape index (κ2) is 16.2. The number of rotatable bonds is 7. The van der Waals surface area contributed by atoms with Crippen LogP contribution in [0.25, 0.3) is 104 Å². The summed E-state index contributed by atoms with van der Waals surface area (Å²) in [4.78, 5) is 16.9. The van der Waals surface area contributed by atoms with Crippen LogP contribution in [0.15, 0.2) is 243 Å². The first-order valence-corrected chi connectivity index (χ1v) is 29.7. The van der Waals surface area contributed by atoms with E-state index in [4.69, 9.17) is 15.0 Å². The van der Waals surface area contributed by atoms with E-state index in [0.29, 0.717) is 17.4 Å². The van der Waals surface area contributed by atoms with Crippen molar-refractivity contribution in [1.29, 1.82) is 0 Å². The van der Waals surface area contributed by atoms with E-state index in [1.807, 2.05) is 0 Å². The number of halogens is 1. The monoisotopic (exact) mass is 1040 g/mol. The normalized spacial score (nSPS) is 12.5. The van der Waals surface area contributed by atoms with E-state index in [0.717, 1.165) is 85.2 Å². The third kappa shape index (κ3) is 6.23. The molecule has 6 nitrogen and oxygen atoms in total. The van der Waals surface area contributed by atoms with Crippen molar-refractivity contribution < 1.29 is 18.4 Å². The zero-order valence-corrected chi connectivity index (χ0v) is 41.2. The summed E-state index contributed by atoms with van der Waals surface area (Å²) in [5.74, 6) is 1.13. The van der Waals surface area contributed by atoms with Crippen molar-refractivity contribution in [2.24, 2.45) is 0 Å². The molecule has 0 saturated heterocycles. The summed E-state index contributed by atoms with van der Waals surface area (Å²) in [6.45, 7) is 0. The molecule has 0 N–H and O–H groups in total. The molecule has 6 bridgehead atoms. The fraction of sp³-hybridized carbons (Fsp3) is 0.0308. The molecular weight excluding hydrogens is 992 g/mol. The summed E-state index contributed by atoms with van der Waals surface area (Å²) in [6, 6.07) is 89.4. The van der Waals surface area contributed by atoms with Crippen LogP contribution in [0.4, 0.5) is 0 Å². The zero-order valence-electron chi connectivity index (χ0n) is 39.1. The molecule has 0 saturated carbocycles. The molecule has 72 heavy (non-hydrogen) atoms. The topological polar surface area (TPSA) is 52.4 Å². The van der Waals surface area contributed by atoms with Crippen molar-refractivity contribution >= 4 is 98.5 Å². The van der Waals surface area contributed by atoms with Crippen LogP contribution in [0.1, 0.15) is 11.1 Å². The van der Waals surface area contributed by atoms with Crippen molar-refractivity contribution in [3.8, 4) is 5.95 Å². The molecule has 0 aliphatic heterocycles. The van der Waals surface area contributed by atoms with E-state index in [-0.39, 0.29) is 0 Å². The van der Waals surface area contributed by atoms with Gasteiger partial charge in [0.15, 0.2) is 0 Å². The van der Waals surface area contributed by atoms with E-state index in [1.54, 1.807) is 0 Å². The molecule has 0 atom stereocenters. The fourth-order valence-electron chi connectivity index (χ4n) is 11.6. The number of benzene rings is 10. The molecule has 0 unspecified atom stereocenters. The fourth-order valence-corrected chi connectivity index (χ4v) is 21.9. The maximum atomic E-state index is 5.68. The predicted molar refractivity (Wildman–Crippen MR) is 294 cm³/mol. The van der Waals surface area contributed by atoms with Gasteiger partial charge in [0.25, 0.3) is 0 Å². The van der Waals surface area contributed by atoms with Crippen molar-refractivity contribution in [3.63, 3.8) is 0 Å². The number of hydrogen-bond acceptors (Lipinski definition) is 3. The van der Waals surface area contributed by atoms with E-state index in [9.17, 15) is 0 Å². The molecule has 342 valence electrons. The Morgan fingerprint density at radius 2 is 0.833 bits per heavy atom. The zero-order chi connectivity index (χ0) is 47.3. The van der Waals surface area contributed by atoms with Gasteiger partial charge in [-0.15, -0.1) is 0 Å². The number of nitrogens with zero attached hydrogens (tertiary/aromatic N) is 6. The number of fused-ring (bicyclic) bond motifs is 7. The van der Waals surface area contributed by atoms with Crippen molar-refractivity contribution in [2.75, 3.05) is 0 Å². The maximum absolute atomic E-state index is 5.68. The van der Waals surface area contributed by atoms with Gasteiger partial charge in [-0.3, -0.25) is 0 Å². The van der Waals surface area contributed by atoms with Gasteiger partial charge in [-0.05, 0) is 0 Å². The molecule has 0 radical (unpaired) electrons. The van der Waals surface area contributed by atoms with Gasteiger partial charge in [0.1, 0.15) is 0 Å². The predicted octanol–water partition coefficient (Wildman–Crippen LogP) is 12.6. The number of aromatic nitrogens is 6. The van der Waals surface area contributed by atoms with Crippen LogP contribution in [0.2, 0.25) is 0 Å². The molecule has 0 amide bonds. The van der Waals surface area contributed by atoms with Gasteiger partial charge >= 0.3 is 403 Å². The van der Waals surface area contributed by atoms with E-state index in [1.165, 1.54) is 29.0 Å². The van der Waals surface area contributed by atoms with Gasteiger partial charge < -0.3 is 0 Å². The third-order valence-corrected chi connectivity index (χ3v) is 25.3. The van der Waals surface area contributed by atoms with Crippen LogP contribution in [0.3, 0.4) is 0 Å². The molecule has 7 heteroatoms. The molecule has 0 aliphatic rings. The Morgan fingerprint density at radius 3 is 1.50 bits per heavy atom. The second-order valence-corrected chi connectivity index (χ2v) is 27.5. The Hall–Kier alpha value is -8.66. The summed E-state index contributed by atoms with van der Waals surface area (Å²) >= 11 is -3.24. The first kappa shape index (κ1) is 41.2. The Morgan fingerprint density at radius 1 is 0.319 bits per heavy atom. The summed E-state index contributed by atoms with van der Waals surface area (Å²) in [5.41, 5.74) is 10.7. The Bertz CT molecular complexity index is 4600. The molecule has 10 aromatic carbocycles. The average molecular weight is 1040 g/mol. The number of para-hydroxylation sites is 5. The van der Waals surface area contributed by atoms with Crippen molar-refractivity contribution in [3.05, 3.63) is 261 Å². The van der Waals surface area contributed by atoms with Crippen molar-refractivity contribution in [1.82, 2.24) is 28.3 Å². The van der Waals surface area contributed by atoms with Gasteiger partial charge in [0.05, 0.1) is 0 Å². The van der Waals surface area contributed by atoms with Crippen LogP contribution in [-0.2, 0) is 8.86 Å². The molecule has 16 aromatic rings. The standard InChI is InChI=1S/C65H44IN6/c1-4-19-43(20-5-1)41-66(46-21-6-2-7-22-46,47-23-8-3-9-24-47)42-44-35-37-54-61(39-44)70-56-31-14-13-28-52(56)55-40-45(36-38-60(55)70)48-29-18-30-53-51-27-12-17-34-59(51)72(62(48)53)65-68-63(54)67-64(69-65)71-57-32-15-10-25-49(57)50-26-11-16-33-58(50)71/h1-40H,41-42H2/q-1. The minimum atomic E-state index is -3.24. The van der Waals surface area contributed by atoms with Gasteiger partial charge in [-0.1, -0.05) is 18.2 Å². The van der Waals surface area contributed by atoms with Crippen LogP contribution in [-0.4, -0.2) is 28.3 Å². The summed E-state index contributed by atoms with van der Waals surface area (Å²) < 4.78 is 11.8. The van der Waals surface area contributed by atoms with Crippen molar-refractivity contribution in [2.45, 2.75) is 8.86 Å². The SMILES string of the molecule is c1ccc(C[I-](Cc2ccc3c4nc(-n5c6ccccc6c6ccccc65)nc(n4)n4c5ccccc5c5cccc(c6ccc7c(c6)c6ccccc6n7c3c2)c54)(c2ccccc2)c2ccccc2)cc1. The second-order valence-electron chi connectivity index (χ2n) is 18.8. The first-order chi connectivity index (χ1) is 35.7. The first-order valence-electron chi connectivity index (χ1n) is 24.5. The molecule has 0 fully saturated rings. The summed E-state index contributed by atoms with van der Waals surface area (Å²) in [5, 5.41) is 10.2. The van der Waals surface area contributed by atoms with Crippen LogP contribution in [0.5, 0.6) is 0 Å². The third-order valence-electron chi connectivity index (χ3n) is 14.7. The van der Waals surface area contributed by atoms with Gasteiger partial charge in [-0.25, -0.2) is 0 Å². The molecule has 0 aliphatic carbocycles. The summed E-state index contributed by atoms with van der Waals surface area (Å²) in [6.07, 6.45) is 0. The Balaban J connectivity index is 1.14. The number of hydrogen-bond donors (Lipinski definition) is 0. The minimum absolute atomic E-state index is 0.562. The molecule has 0 spiro atoms. The van der Waals surface area contributed by atoms with Gasteiger partial charge in [-0.2, -0.15) is 0 Å². The van der Waals surface area contributed by atoms with Crippen LogP contribution in [0, 0.1) is 7.14 Å². The Kier molecular flexibility index (Phi) is 9.26. The molecular formula is C65H44IN6-. The van der Waals surface area contributed by atoms with Gasteiger partial charge in [0, 0.05) is 0 Å². The average Bonchev–Trinajstić information content (AvgIpc) is 4.09. The summed E-state index contributed by atoms with van der Waals surface area (Å²) in [7, 11) is 0. The number of alkyl halides is 2. The quantitative estimate of drug-likeness (QED) is 0.118. The van der Waals surface area contributed by atoms with E-state index in [2.05, 4.69) is 256 Å². The molecule has 6 aromatic heterocycles. The van der Waals surface area contributed by atoms with Crippen LogP contribution < -0.4 is 18.4 Å². The van der Waals surface area contributed by atoms with Gasteiger partial charge in [0.2, 0.25) is 0 Å². The molecule has 6 heterocycles. The van der Waals surface area contributed by atoms with E-state index < -0.39 is 18.4 Å². The Labute approximate surface area is 418 Å². The van der Waals surface area contributed by atoms with E-state index >= 15 is 0 Å². The van der Waals surface area contributed by atoms with Crippen LogP contribution >= 0.6 is 0 Å².